The third-order valence-corrected chi connectivity index (χ3v) is 8.18. The summed E-state index contributed by atoms with van der Waals surface area (Å²) in [6.45, 7) is 0. The topological polar surface area (TPSA) is 99.4 Å². The van der Waals surface area contributed by atoms with Crippen LogP contribution in [0, 0.1) is 22.7 Å². The fourth-order valence-corrected chi connectivity index (χ4v) is 5.94. The molecular formula is C41H23N5O. The Kier molecular flexibility index (Phi) is 6.80. The highest BCUT2D eigenvalue weighted by Crippen LogP contribution is 2.41. The van der Waals surface area contributed by atoms with Crippen LogP contribution in [-0.2, 0) is 0 Å². The van der Waals surface area contributed by atoms with Crippen LogP contribution in [0.25, 0.3) is 78.4 Å². The maximum Gasteiger partial charge on any atom is 0.164 e. The highest BCUT2D eigenvalue weighted by atomic mass is 16.3. The second kappa shape index (κ2) is 11.6. The van der Waals surface area contributed by atoms with Gasteiger partial charge in [0.1, 0.15) is 11.2 Å². The molecule has 0 aliphatic heterocycles. The van der Waals surface area contributed by atoms with Crippen molar-refractivity contribution in [1.29, 1.82) is 10.5 Å². The molecule has 0 spiro atoms. The van der Waals surface area contributed by atoms with Gasteiger partial charge in [0.2, 0.25) is 0 Å². The van der Waals surface area contributed by atoms with Crippen LogP contribution >= 0.6 is 0 Å². The summed E-state index contributed by atoms with van der Waals surface area (Å²) in [6.07, 6.45) is 0. The Bertz CT molecular complexity index is 2470. The monoisotopic (exact) mass is 601 g/mol. The van der Waals surface area contributed by atoms with Crippen molar-refractivity contribution in [2.75, 3.05) is 0 Å². The molecule has 8 aromatic rings. The van der Waals surface area contributed by atoms with Gasteiger partial charge < -0.3 is 4.42 Å². The van der Waals surface area contributed by atoms with Gasteiger partial charge in [0.15, 0.2) is 17.5 Å². The van der Waals surface area contributed by atoms with Crippen LogP contribution in [0.4, 0.5) is 0 Å². The summed E-state index contributed by atoms with van der Waals surface area (Å²) in [7, 11) is 0. The molecule has 6 nitrogen and oxygen atoms in total. The highest BCUT2D eigenvalue weighted by molar-refractivity contribution is 6.15. The number of fused-ring (bicyclic) bond motifs is 3. The van der Waals surface area contributed by atoms with Crippen molar-refractivity contribution in [2.45, 2.75) is 0 Å². The number of nitriles is 2. The highest BCUT2D eigenvalue weighted by Gasteiger charge is 2.20. The van der Waals surface area contributed by atoms with Crippen LogP contribution in [0.3, 0.4) is 0 Å². The Labute approximate surface area is 270 Å². The SMILES string of the molecule is N#Cc1ccc(-c2cc(C#N)cc(-c3cccc4c3oc3cccc(-c5nc(-c6ccccc6)nc(-c6ccccc6)n5)c34)c2)cc1. The maximum atomic E-state index is 9.93. The summed E-state index contributed by atoms with van der Waals surface area (Å²) in [5.74, 6) is 1.72. The van der Waals surface area contributed by atoms with E-state index >= 15 is 0 Å². The van der Waals surface area contributed by atoms with Crippen molar-refractivity contribution in [3.05, 3.63) is 151 Å². The molecule has 218 valence electrons. The number of benzene rings is 6. The van der Waals surface area contributed by atoms with E-state index < -0.39 is 0 Å². The largest absolute Gasteiger partial charge is 0.455 e. The van der Waals surface area contributed by atoms with Gasteiger partial charge in [0.05, 0.1) is 23.3 Å². The molecule has 0 unspecified atom stereocenters. The lowest BCUT2D eigenvalue weighted by atomic mass is 9.94. The van der Waals surface area contributed by atoms with Gasteiger partial charge in [0.25, 0.3) is 0 Å². The summed E-state index contributed by atoms with van der Waals surface area (Å²) >= 11 is 0. The summed E-state index contributed by atoms with van der Waals surface area (Å²) in [5, 5.41) is 21.0. The molecule has 0 fully saturated rings. The Balaban J connectivity index is 1.33. The normalized spacial score (nSPS) is 10.9. The van der Waals surface area contributed by atoms with Gasteiger partial charge in [-0.15, -0.1) is 0 Å². The Hall–Kier alpha value is -6.89. The molecule has 0 atom stereocenters. The van der Waals surface area contributed by atoms with E-state index in [0.717, 1.165) is 49.7 Å². The van der Waals surface area contributed by atoms with Crippen LogP contribution in [0.2, 0.25) is 0 Å². The number of rotatable bonds is 5. The lowest BCUT2D eigenvalue weighted by Crippen LogP contribution is -2.00. The molecule has 6 heteroatoms. The fraction of sp³-hybridized carbons (Fsp3) is 0. The van der Waals surface area contributed by atoms with E-state index in [4.69, 9.17) is 19.4 Å². The molecule has 2 aromatic heterocycles. The first-order valence-electron chi connectivity index (χ1n) is 15.1. The first-order valence-corrected chi connectivity index (χ1v) is 15.1. The number of nitrogens with zero attached hydrogens (tertiary/aromatic N) is 5. The number of para-hydroxylation sites is 1. The fourth-order valence-electron chi connectivity index (χ4n) is 5.94. The summed E-state index contributed by atoms with van der Waals surface area (Å²) in [5.41, 5.74) is 8.66. The molecule has 8 rings (SSSR count). The van der Waals surface area contributed by atoms with Gasteiger partial charge in [0, 0.05) is 33.0 Å². The lowest BCUT2D eigenvalue weighted by Gasteiger charge is -2.09. The van der Waals surface area contributed by atoms with Gasteiger partial charge in [-0.25, -0.2) is 15.0 Å². The van der Waals surface area contributed by atoms with E-state index in [2.05, 4.69) is 18.2 Å². The molecule has 0 radical (unpaired) electrons. The third-order valence-electron chi connectivity index (χ3n) is 8.18. The van der Waals surface area contributed by atoms with Gasteiger partial charge in [-0.05, 0) is 53.1 Å². The van der Waals surface area contributed by atoms with E-state index in [1.165, 1.54) is 0 Å². The molecule has 0 bridgehead atoms. The Morgan fingerprint density at radius 1 is 0.447 bits per heavy atom. The maximum absolute atomic E-state index is 9.93. The minimum absolute atomic E-state index is 0.530. The predicted octanol–water partition coefficient (Wildman–Crippen LogP) is 9.85. The predicted molar refractivity (Wildman–Crippen MR) is 184 cm³/mol. The second-order valence-electron chi connectivity index (χ2n) is 11.1. The van der Waals surface area contributed by atoms with Crippen molar-refractivity contribution in [1.82, 2.24) is 15.0 Å². The van der Waals surface area contributed by atoms with Crippen LogP contribution in [0.15, 0.2) is 144 Å². The molecular weight excluding hydrogens is 578 g/mol. The molecule has 6 aromatic carbocycles. The average molecular weight is 602 g/mol. The smallest absolute Gasteiger partial charge is 0.164 e. The first kappa shape index (κ1) is 27.6. The van der Waals surface area contributed by atoms with Crippen LogP contribution in [-0.4, -0.2) is 15.0 Å². The number of furan rings is 1. The minimum atomic E-state index is 0.530. The molecule has 0 N–H and O–H groups in total. The zero-order chi connectivity index (χ0) is 31.7. The van der Waals surface area contributed by atoms with Gasteiger partial charge in [-0.1, -0.05) is 103 Å². The molecule has 0 saturated heterocycles. The Morgan fingerprint density at radius 3 is 1.70 bits per heavy atom. The Morgan fingerprint density at radius 2 is 1.04 bits per heavy atom. The zero-order valence-electron chi connectivity index (χ0n) is 24.9. The molecule has 0 saturated carbocycles. The van der Waals surface area contributed by atoms with E-state index in [1.54, 1.807) is 12.1 Å². The van der Waals surface area contributed by atoms with E-state index in [9.17, 15) is 10.5 Å². The summed E-state index contributed by atoms with van der Waals surface area (Å²) in [4.78, 5) is 14.8. The molecule has 0 amide bonds. The average Bonchev–Trinajstić information content (AvgIpc) is 3.54. The number of aromatic nitrogens is 3. The van der Waals surface area contributed by atoms with Crippen LogP contribution in [0.1, 0.15) is 11.1 Å². The molecule has 47 heavy (non-hydrogen) atoms. The molecule has 0 aliphatic rings. The summed E-state index contributed by atoms with van der Waals surface area (Å²) < 4.78 is 6.59. The van der Waals surface area contributed by atoms with Crippen molar-refractivity contribution in [3.63, 3.8) is 0 Å². The number of hydrogen-bond acceptors (Lipinski definition) is 6. The van der Waals surface area contributed by atoms with E-state index in [1.807, 2.05) is 121 Å². The van der Waals surface area contributed by atoms with Crippen LogP contribution in [0.5, 0.6) is 0 Å². The molecule has 2 heterocycles. The van der Waals surface area contributed by atoms with Crippen molar-refractivity contribution < 1.29 is 4.42 Å². The van der Waals surface area contributed by atoms with Crippen molar-refractivity contribution >= 4 is 21.9 Å². The lowest BCUT2D eigenvalue weighted by molar-refractivity contribution is 0.670. The van der Waals surface area contributed by atoms with Crippen molar-refractivity contribution in [3.8, 4) is 68.6 Å². The number of hydrogen-bond donors (Lipinski definition) is 0. The standard InChI is InChI=1S/C41H23N5O/c42-24-26-17-19-28(20-18-26)31-21-27(25-43)22-32(23-31)33-13-7-14-34-37-35(15-8-16-36(37)47-38(33)34)41-45-39(29-9-3-1-4-10-29)44-40(46-41)30-11-5-2-6-12-30/h1-23H. The van der Waals surface area contributed by atoms with Gasteiger partial charge in [-0.3, -0.25) is 0 Å². The van der Waals surface area contributed by atoms with E-state index in [0.29, 0.717) is 39.8 Å². The third kappa shape index (κ3) is 5.07. The zero-order valence-corrected chi connectivity index (χ0v) is 24.9. The second-order valence-corrected chi connectivity index (χ2v) is 11.1. The van der Waals surface area contributed by atoms with Crippen molar-refractivity contribution in [2.24, 2.45) is 0 Å². The minimum Gasteiger partial charge on any atom is -0.455 e. The molecule has 0 aliphatic carbocycles. The quantitative estimate of drug-likeness (QED) is 0.195. The van der Waals surface area contributed by atoms with Gasteiger partial charge in [-0.2, -0.15) is 10.5 Å². The van der Waals surface area contributed by atoms with E-state index in [-0.39, 0.29) is 0 Å². The van der Waals surface area contributed by atoms with Gasteiger partial charge >= 0.3 is 0 Å². The first-order chi connectivity index (χ1) is 23.2. The van der Waals surface area contributed by atoms with Crippen LogP contribution < -0.4 is 0 Å². The summed E-state index contributed by atoms with van der Waals surface area (Å²) in [6, 6.07) is 49.4.